The average molecular weight is 645 g/mol. The SMILES string of the molecule is CC[Si](CC)(CC)O[C@H]1[C@H]2O[C@@H]([C@H](OC(C)=O)C(C)(C)O)C[C@@H](C)[C@@H]2[C@@]2(C)CC[C@@]34CC35CC[C@H](C)C(C)(C)[C@@H]5CC[C@H]4[C@]12C. The van der Waals surface area contributed by atoms with Crippen LogP contribution in [0.25, 0.3) is 0 Å². The number of esters is 1. The molecule has 5 saturated carbocycles. The van der Waals surface area contributed by atoms with Crippen molar-refractivity contribution in [1.82, 2.24) is 0 Å². The number of carbonyl (C=O) groups is 1. The Hall–Kier alpha value is -0.433. The number of carbonyl (C=O) groups excluding carboxylic acids is 1. The maximum Gasteiger partial charge on any atom is 0.303 e. The highest BCUT2D eigenvalue weighted by atomic mass is 28.4. The molecule has 258 valence electrons. The summed E-state index contributed by atoms with van der Waals surface area (Å²) in [5.74, 6) is 2.73. The summed E-state index contributed by atoms with van der Waals surface area (Å²) in [4.78, 5) is 12.3. The molecule has 0 aromatic heterocycles. The molecule has 1 unspecified atom stereocenters. The van der Waals surface area contributed by atoms with Gasteiger partial charge in [-0.05, 0) is 135 Å². The lowest BCUT2D eigenvalue weighted by Gasteiger charge is -2.64. The van der Waals surface area contributed by atoms with Crippen molar-refractivity contribution in [2.75, 3.05) is 0 Å². The first-order valence-electron chi connectivity index (χ1n) is 19.1. The van der Waals surface area contributed by atoms with Gasteiger partial charge in [0.15, 0.2) is 14.4 Å². The van der Waals surface area contributed by atoms with Gasteiger partial charge in [0.05, 0.1) is 23.9 Å². The van der Waals surface area contributed by atoms with Crippen LogP contribution in [0.2, 0.25) is 18.1 Å². The van der Waals surface area contributed by atoms with Crippen molar-refractivity contribution in [3.63, 3.8) is 0 Å². The van der Waals surface area contributed by atoms with Crippen LogP contribution in [0.4, 0.5) is 0 Å². The highest BCUT2D eigenvalue weighted by Crippen LogP contribution is 2.89. The van der Waals surface area contributed by atoms with E-state index >= 15 is 0 Å². The number of hydrogen-bond donors (Lipinski definition) is 1. The van der Waals surface area contributed by atoms with E-state index < -0.39 is 20.0 Å². The number of rotatable bonds is 8. The van der Waals surface area contributed by atoms with E-state index in [1.54, 1.807) is 13.8 Å². The summed E-state index contributed by atoms with van der Waals surface area (Å²) in [5.41, 5.74) is 0.325. The Kier molecular flexibility index (Phi) is 8.25. The van der Waals surface area contributed by atoms with Gasteiger partial charge < -0.3 is 19.0 Å². The number of aliphatic hydroxyl groups is 1. The lowest BCUT2D eigenvalue weighted by atomic mass is 9.41. The third kappa shape index (κ3) is 4.48. The molecule has 0 aromatic rings. The Bertz CT molecular complexity index is 1150. The molecule has 6 aliphatic rings. The molecule has 0 bridgehead atoms. The van der Waals surface area contributed by atoms with Crippen LogP contribution in [-0.2, 0) is 18.7 Å². The van der Waals surface area contributed by atoms with Crippen LogP contribution < -0.4 is 0 Å². The molecular formula is C39H68O5Si. The second-order valence-corrected chi connectivity index (χ2v) is 23.7. The van der Waals surface area contributed by atoms with Gasteiger partial charge in [-0.15, -0.1) is 0 Å². The largest absolute Gasteiger partial charge is 0.457 e. The lowest BCUT2D eigenvalue weighted by molar-refractivity contribution is -0.215. The van der Waals surface area contributed by atoms with Crippen molar-refractivity contribution in [3.8, 4) is 0 Å². The van der Waals surface area contributed by atoms with E-state index in [4.69, 9.17) is 13.9 Å². The molecule has 2 spiro atoms. The van der Waals surface area contributed by atoms with Crippen molar-refractivity contribution in [3.05, 3.63) is 0 Å². The van der Waals surface area contributed by atoms with E-state index in [9.17, 15) is 9.90 Å². The van der Waals surface area contributed by atoms with Gasteiger partial charge in [-0.2, -0.15) is 0 Å². The Labute approximate surface area is 276 Å². The maximum atomic E-state index is 12.3. The van der Waals surface area contributed by atoms with Crippen LogP contribution in [0.5, 0.6) is 0 Å². The molecule has 1 N–H and O–H groups in total. The molecule has 0 radical (unpaired) electrons. The third-order valence-corrected chi connectivity index (χ3v) is 21.6. The van der Waals surface area contributed by atoms with E-state index in [0.717, 1.165) is 36.4 Å². The minimum Gasteiger partial charge on any atom is -0.457 e. The van der Waals surface area contributed by atoms with Crippen molar-refractivity contribution >= 4 is 14.3 Å². The van der Waals surface area contributed by atoms with Gasteiger partial charge in [-0.25, -0.2) is 0 Å². The molecule has 5 nitrogen and oxygen atoms in total. The second-order valence-electron chi connectivity index (χ2n) is 19.0. The Morgan fingerprint density at radius 1 is 0.956 bits per heavy atom. The predicted molar refractivity (Wildman–Crippen MR) is 183 cm³/mol. The first-order chi connectivity index (χ1) is 20.8. The quantitative estimate of drug-likeness (QED) is 0.211. The van der Waals surface area contributed by atoms with E-state index in [0.29, 0.717) is 34.0 Å². The number of fused-ring (bicyclic) bond motifs is 4. The monoisotopic (exact) mass is 644 g/mol. The zero-order valence-electron chi connectivity index (χ0n) is 31.1. The van der Waals surface area contributed by atoms with E-state index in [2.05, 4.69) is 62.3 Å². The molecule has 1 heterocycles. The van der Waals surface area contributed by atoms with Crippen LogP contribution in [0.1, 0.15) is 134 Å². The third-order valence-electron chi connectivity index (χ3n) is 17.0. The standard InChI is InChI=1S/C39H68O5Si/c1-13-45(14-2,15-3)44-33-31-30(24(4)22-27(43-31)32(35(9,10)41)42-26(6)40)36(11)20-21-39-23-38(39)19-18-25(5)34(7,8)28(38)16-17-29(39)37(33,36)12/h24-25,27-33,41H,13-23H2,1-12H3/t24-,25+,27-,28+,29+,30+,31+,32+,33+,36-,37-,38?,39+/m1/s1. The Balaban J connectivity index is 1.45. The van der Waals surface area contributed by atoms with Crippen LogP contribution in [0, 0.1) is 56.7 Å². The van der Waals surface area contributed by atoms with Gasteiger partial charge in [0.1, 0.15) is 0 Å². The first-order valence-corrected chi connectivity index (χ1v) is 21.6. The van der Waals surface area contributed by atoms with Crippen LogP contribution >= 0.6 is 0 Å². The highest BCUT2D eigenvalue weighted by molar-refractivity contribution is 6.73. The summed E-state index contributed by atoms with van der Waals surface area (Å²) in [6.45, 7) is 27.5. The number of ether oxygens (including phenoxy) is 2. The summed E-state index contributed by atoms with van der Waals surface area (Å²) >= 11 is 0. The fourth-order valence-electron chi connectivity index (χ4n) is 14.0. The molecule has 6 fully saturated rings. The minimum absolute atomic E-state index is 0.0227. The van der Waals surface area contributed by atoms with Gasteiger partial charge in [0, 0.05) is 12.3 Å². The fourth-order valence-corrected chi connectivity index (χ4v) is 16.9. The van der Waals surface area contributed by atoms with Gasteiger partial charge in [-0.1, -0.05) is 62.3 Å². The smallest absolute Gasteiger partial charge is 0.303 e. The van der Waals surface area contributed by atoms with E-state index in [1.165, 1.54) is 51.9 Å². The molecule has 13 atom stereocenters. The molecule has 5 aliphatic carbocycles. The molecule has 0 amide bonds. The van der Waals surface area contributed by atoms with Crippen molar-refractivity contribution < 1.29 is 23.8 Å². The number of hydrogen-bond acceptors (Lipinski definition) is 5. The van der Waals surface area contributed by atoms with Gasteiger partial charge >= 0.3 is 5.97 Å². The van der Waals surface area contributed by atoms with Crippen LogP contribution in [0.3, 0.4) is 0 Å². The van der Waals surface area contributed by atoms with Gasteiger partial charge in [-0.3, -0.25) is 4.79 Å². The summed E-state index contributed by atoms with van der Waals surface area (Å²) in [6, 6.07) is 3.40. The lowest BCUT2D eigenvalue weighted by Crippen LogP contribution is -2.61. The molecule has 6 heteroatoms. The van der Waals surface area contributed by atoms with E-state index in [-0.39, 0.29) is 35.1 Å². The zero-order chi connectivity index (χ0) is 33.2. The van der Waals surface area contributed by atoms with Crippen molar-refractivity contribution in [2.45, 2.75) is 183 Å². The van der Waals surface area contributed by atoms with E-state index in [1.807, 2.05) is 0 Å². The minimum atomic E-state index is -2.00. The molecule has 6 rings (SSSR count). The summed E-state index contributed by atoms with van der Waals surface area (Å²) in [6.07, 6.45) is 9.30. The molecule has 1 aliphatic heterocycles. The topological polar surface area (TPSA) is 65.0 Å². The summed E-state index contributed by atoms with van der Waals surface area (Å²) in [7, 11) is -2.00. The second kappa shape index (κ2) is 10.8. The Morgan fingerprint density at radius 2 is 1.56 bits per heavy atom. The first kappa shape index (κ1) is 34.4. The Morgan fingerprint density at radius 3 is 2.13 bits per heavy atom. The average Bonchev–Trinajstić information content (AvgIpc) is 3.59. The van der Waals surface area contributed by atoms with Crippen molar-refractivity contribution in [2.24, 2.45) is 56.7 Å². The molecule has 0 aromatic carbocycles. The molecule has 45 heavy (non-hydrogen) atoms. The summed E-state index contributed by atoms with van der Waals surface area (Å²) in [5, 5.41) is 11.3. The zero-order valence-corrected chi connectivity index (χ0v) is 32.1. The normalized spacial score (nSPS) is 49.1. The van der Waals surface area contributed by atoms with Gasteiger partial charge in [0.25, 0.3) is 0 Å². The predicted octanol–water partition coefficient (Wildman–Crippen LogP) is 9.17. The maximum absolute atomic E-state index is 12.3. The fraction of sp³-hybridized carbons (Fsp3) is 0.974. The molecular weight excluding hydrogens is 577 g/mol. The van der Waals surface area contributed by atoms with Gasteiger partial charge in [0.2, 0.25) is 0 Å². The molecule has 1 saturated heterocycles. The van der Waals surface area contributed by atoms with Crippen LogP contribution in [0.15, 0.2) is 0 Å². The van der Waals surface area contributed by atoms with Crippen LogP contribution in [-0.4, -0.2) is 49.4 Å². The highest BCUT2D eigenvalue weighted by Gasteiger charge is 2.85. The summed E-state index contributed by atoms with van der Waals surface area (Å²) < 4.78 is 21.0. The van der Waals surface area contributed by atoms with Crippen molar-refractivity contribution in [1.29, 1.82) is 0 Å².